The predicted octanol–water partition coefficient (Wildman–Crippen LogP) is 6.59. The van der Waals surface area contributed by atoms with Gasteiger partial charge in [0.15, 0.2) is 0 Å². The third-order valence-electron chi connectivity index (χ3n) is 11.1. The molecular weight excluding hydrogens is 785 g/mol. The minimum Gasteiger partial charge on any atom is -1.00 e. The number of halogens is 4. The van der Waals surface area contributed by atoms with E-state index in [0.717, 1.165) is 58.1 Å². The molecule has 2 unspecified atom stereocenters. The molecule has 9 rings (SSSR count). The molecule has 53 heavy (non-hydrogen) atoms. The van der Waals surface area contributed by atoms with Crippen molar-refractivity contribution in [3.8, 4) is 22.3 Å². The van der Waals surface area contributed by atoms with Crippen LogP contribution in [0.25, 0.3) is 45.6 Å². The molecule has 7 heteroatoms. The number of hydrogen-bond acceptors (Lipinski definition) is 2. The Morgan fingerprint density at radius 2 is 0.943 bits per heavy atom. The Hall–Kier alpha value is -3.89. The molecule has 6 aromatic rings. The summed E-state index contributed by atoms with van der Waals surface area (Å²) < 4.78 is 43.5. The van der Waals surface area contributed by atoms with Crippen LogP contribution >= 0.6 is 0 Å². The molecule has 2 nitrogen and oxygen atoms in total. The molecule has 4 aromatic carbocycles. The molecule has 2 aromatic heterocycles. The summed E-state index contributed by atoms with van der Waals surface area (Å²) in [5, 5.41) is 0. The molecule has 2 atom stereocenters. The van der Waals surface area contributed by atoms with E-state index in [-0.39, 0.29) is 43.7 Å². The zero-order valence-corrected chi connectivity index (χ0v) is 34.0. The number of aryl methyl sites for hydroxylation is 4. The van der Waals surface area contributed by atoms with Gasteiger partial charge in [-0.1, -0.05) is 0 Å². The molecule has 3 aliphatic rings. The number of rotatable bonds is 6. The summed E-state index contributed by atoms with van der Waals surface area (Å²) in [6.07, 6.45) is 8.32. The van der Waals surface area contributed by atoms with E-state index in [2.05, 4.69) is 74.5 Å². The maximum absolute atomic E-state index is 14.2. The van der Waals surface area contributed by atoms with Gasteiger partial charge in [0.05, 0.1) is 0 Å². The first-order chi connectivity index (χ1) is 24.7. The maximum Gasteiger partial charge on any atom is -1.00 e. The molecule has 1 saturated carbocycles. The van der Waals surface area contributed by atoms with Gasteiger partial charge in [0.2, 0.25) is 0 Å². The fourth-order valence-electron chi connectivity index (χ4n) is 8.61. The summed E-state index contributed by atoms with van der Waals surface area (Å²) in [4.78, 5) is 0. The second-order valence-corrected chi connectivity index (χ2v) is 21.1. The fraction of sp³-hybridized carbons (Fsp3) is 0.196. The van der Waals surface area contributed by atoms with E-state index in [0.29, 0.717) is 0 Å². The molecule has 0 N–H and O–H groups in total. The summed E-state index contributed by atoms with van der Waals surface area (Å²) in [5.74, 6) is 3.20. The van der Waals surface area contributed by atoms with Gasteiger partial charge in [-0.05, 0) is 0 Å². The van der Waals surface area contributed by atoms with Crippen LogP contribution in [0.1, 0.15) is 82.9 Å². The van der Waals surface area contributed by atoms with Crippen LogP contribution in [0.3, 0.4) is 0 Å². The van der Waals surface area contributed by atoms with Crippen molar-refractivity contribution in [1.29, 1.82) is 0 Å². The molecule has 0 saturated heterocycles. The molecule has 3 aliphatic carbocycles. The van der Waals surface area contributed by atoms with Gasteiger partial charge in [-0.2, -0.15) is 0 Å². The molecule has 0 aliphatic heterocycles. The summed E-state index contributed by atoms with van der Waals surface area (Å²) in [6.45, 7) is 8.35. The van der Waals surface area contributed by atoms with Crippen LogP contribution in [0.15, 0.2) is 106 Å². The molecule has 0 radical (unpaired) electrons. The summed E-state index contributed by atoms with van der Waals surface area (Å²) in [7, 11) is 0. The van der Waals surface area contributed by atoms with Crippen LogP contribution in [-0.2, 0) is 21.3 Å². The second-order valence-electron chi connectivity index (χ2n) is 14.3. The topological polar surface area (TPSA) is 26.3 Å². The Bertz CT molecular complexity index is 2300. The van der Waals surface area contributed by atoms with Gasteiger partial charge in [0, 0.05) is 0 Å². The van der Waals surface area contributed by atoms with E-state index in [1.807, 2.05) is 38.1 Å². The molecule has 0 bridgehead atoms. The zero-order valence-electron chi connectivity index (χ0n) is 30.0. The SMILES string of the molecule is Cc1ccc(C2=Cc3c(ccc(C)c3-c3ccc(F)cc3)[CH]2[Zr+2](=[C]2CCC2)[CH]2C(c3ccc(C)o3)=Cc3c2ccc(C)c3-c2ccc(F)cc2)o1.[Cl-].[Cl-]. The van der Waals surface area contributed by atoms with Crippen LogP contribution in [0, 0.1) is 39.3 Å². The molecular formula is C46H38Cl2F2O2Zr. The van der Waals surface area contributed by atoms with Crippen molar-refractivity contribution in [1.82, 2.24) is 0 Å². The fourth-order valence-corrected chi connectivity index (χ4v) is 19.4. The molecule has 266 valence electrons. The van der Waals surface area contributed by atoms with Crippen LogP contribution in [0.5, 0.6) is 0 Å². The average molecular weight is 823 g/mol. The van der Waals surface area contributed by atoms with Crippen molar-refractivity contribution < 1.29 is 63.7 Å². The van der Waals surface area contributed by atoms with Crippen molar-refractivity contribution in [2.24, 2.45) is 0 Å². The Morgan fingerprint density at radius 3 is 1.28 bits per heavy atom. The van der Waals surface area contributed by atoms with E-state index >= 15 is 0 Å². The Morgan fingerprint density at radius 1 is 0.528 bits per heavy atom. The van der Waals surface area contributed by atoms with Gasteiger partial charge < -0.3 is 24.8 Å². The molecule has 0 spiro atoms. The van der Waals surface area contributed by atoms with Crippen molar-refractivity contribution >= 4 is 26.5 Å². The average Bonchev–Trinajstić information content (AvgIpc) is 3.89. The van der Waals surface area contributed by atoms with E-state index in [1.54, 1.807) is 27.5 Å². The van der Waals surface area contributed by atoms with E-state index in [4.69, 9.17) is 8.83 Å². The summed E-state index contributed by atoms with van der Waals surface area (Å²) >= 11 is -2.87. The normalized spacial score (nSPS) is 16.7. The van der Waals surface area contributed by atoms with Gasteiger partial charge in [0.1, 0.15) is 0 Å². The van der Waals surface area contributed by atoms with Gasteiger partial charge in [-0.15, -0.1) is 0 Å². The van der Waals surface area contributed by atoms with Crippen molar-refractivity contribution in [3.63, 3.8) is 0 Å². The number of furan rings is 2. The third kappa shape index (κ3) is 6.43. The number of fused-ring (bicyclic) bond motifs is 2. The molecule has 0 amide bonds. The largest absolute Gasteiger partial charge is 1.00 e. The van der Waals surface area contributed by atoms with Gasteiger partial charge in [0.25, 0.3) is 0 Å². The Balaban J connectivity index is 0.00000218. The quantitative estimate of drug-likeness (QED) is 0.190. The maximum atomic E-state index is 14.2. The predicted molar refractivity (Wildman–Crippen MR) is 200 cm³/mol. The summed E-state index contributed by atoms with van der Waals surface area (Å²) in [5.41, 5.74) is 14.4. The molecule has 1 fully saturated rings. The van der Waals surface area contributed by atoms with Crippen LogP contribution in [-0.4, -0.2) is 3.21 Å². The standard InChI is InChI=1S/2C21H16FO.C4H6.2ClH.Zr/c2*1-13-3-5-16-11-17(20-10-4-14(2)23-20)12-19(16)21(13)15-6-8-18(22)9-7-15;1-2-4-3-1;;;/h2*3-12H,1-2H3;1-3H2;2*1H;/q;;;;;+2/p-2. The smallest absolute Gasteiger partial charge is 1.00 e. The number of benzene rings is 4. The van der Waals surface area contributed by atoms with Crippen LogP contribution in [0.2, 0.25) is 0 Å². The minimum absolute atomic E-state index is 0. The van der Waals surface area contributed by atoms with Gasteiger partial charge in [-0.3, -0.25) is 0 Å². The van der Waals surface area contributed by atoms with Crippen molar-refractivity contribution in [2.75, 3.05) is 0 Å². The second kappa shape index (κ2) is 14.7. The first-order valence-corrected chi connectivity index (χ1v) is 21.9. The van der Waals surface area contributed by atoms with E-state index in [9.17, 15) is 8.78 Å². The molecule has 2 heterocycles. The zero-order chi connectivity index (χ0) is 35.0. The van der Waals surface area contributed by atoms with Gasteiger partial charge >= 0.3 is 307 Å². The van der Waals surface area contributed by atoms with Crippen LogP contribution < -0.4 is 24.8 Å². The van der Waals surface area contributed by atoms with Gasteiger partial charge in [-0.25, -0.2) is 0 Å². The first kappa shape index (κ1) is 37.4. The van der Waals surface area contributed by atoms with Crippen molar-refractivity contribution in [2.45, 2.75) is 54.2 Å². The van der Waals surface area contributed by atoms with Crippen molar-refractivity contribution in [3.05, 3.63) is 165 Å². The van der Waals surface area contributed by atoms with Crippen LogP contribution in [0.4, 0.5) is 8.78 Å². The number of hydrogen-bond donors (Lipinski definition) is 0. The first-order valence-electron chi connectivity index (χ1n) is 17.8. The Kier molecular flexibility index (Phi) is 10.4. The monoisotopic (exact) mass is 820 g/mol. The van der Waals surface area contributed by atoms with E-state index < -0.39 is 21.3 Å². The number of allylic oxidation sites excluding steroid dienone is 2. The van der Waals surface area contributed by atoms with E-state index in [1.165, 1.54) is 50.9 Å². The minimum atomic E-state index is -2.87. The Labute approximate surface area is 329 Å². The third-order valence-corrected chi connectivity index (χ3v) is 20.5. The summed E-state index contributed by atoms with van der Waals surface area (Å²) in [6, 6.07) is 31.5.